The van der Waals surface area contributed by atoms with E-state index in [1.54, 1.807) is 21.9 Å². The first-order valence-corrected chi connectivity index (χ1v) is 9.07. The van der Waals surface area contributed by atoms with Gasteiger partial charge in [-0.3, -0.25) is 9.59 Å². The SMILES string of the molecule is O=C(c1cccs1)N1CCN(C(=O)c2ccccc2-c2nn[nH]n2)CC1. The van der Waals surface area contributed by atoms with Gasteiger partial charge in [0.05, 0.1) is 10.4 Å². The van der Waals surface area contributed by atoms with Gasteiger partial charge in [0.2, 0.25) is 5.82 Å². The summed E-state index contributed by atoms with van der Waals surface area (Å²) < 4.78 is 0. The number of rotatable bonds is 3. The molecule has 1 N–H and O–H groups in total. The molecule has 0 aliphatic carbocycles. The zero-order chi connectivity index (χ0) is 17.9. The monoisotopic (exact) mass is 368 g/mol. The number of aromatic nitrogens is 4. The second-order valence-electron chi connectivity index (χ2n) is 5.84. The number of piperazine rings is 1. The number of carbonyl (C=O) groups is 2. The molecule has 4 rings (SSSR count). The van der Waals surface area contributed by atoms with Gasteiger partial charge in [0.1, 0.15) is 0 Å². The molecule has 3 heterocycles. The van der Waals surface area contributed by atoms with Crippen molar-refractivity contribution in [2.24, 2.45) is 0 Å². The fourth-order valence-corrected chi connectivity index (χ4v) is 3.67. The minimum absolute atomic E-state index is 0.0271. The molecule has 2 amide bonds. The van der Waals surface area contributed by atoms with Crippen molar-refractivity contribution in [1.82, 2.24) is 30.4 Å². The Morgan fingerprint density at radius 1 is 0.962 bits per heavy atom. The molecule has 2 aromatic heterocycles. The van der Waals surface area contributed by atoms with Crippen molar-refractivity contribution >= 4 is 23.2 Å². The van der Waals surface area contributed by atoms with Gasteiger partial charge in [0.25, 0.3) is 11.8 Å². The number of hydrogen-bond acceptors (Lipinski definition) is 6. The maximum Gasteiger partial charge on any atom is 0.264 e. The molecule has 26 heavy (non-hydrogen) atoms. The molecule has 0 saturated carbocycles. The maximum atomic E-state index is 13.0. The number of amides is 2. The second-order valence-corrected chi connectivity index (χ2v) is 6.79. The highest BCUT2D eigenvalue weighted by molar-refractivity contribution is 7.12. The maximum absolute atomic E-state index is 13.0. The zero-order valence-corrected chi connectivity index (χ0v) is 14.6. The molecule has 0 spiro atoms. The van der Waals surface area contributed by atoms with Gasteiger partial charge in [-0.15, -0.1) is 21.5 Å². The fourth-order valence-electron chi connectivity index (χ4n) is 2.98. The van der Waals surface area contributed by atoms with Gasteiger partial charge < -0.3 is 9.80 Å². The Balaban J connectivity index is 1.47. The summed E-state index contributed by atoms with van der Waals surface area (Å²) in [5.41, 5.74) is 1.18. The molecule has 0 radical (unpaired) electrons. The predicted molar refractivity (Wildman–Crippen MR) is 95.7 cm³/mol. The van der Waals surface area contributed by atoms with Gasteiger partial charge in [-0.1, -0.05) is 24.3 Å². The molecule has 8 nitrogen and oxygen atoms in total. The average Bonchev–Trinajstić information content (AvgIpc) is 3.41. The van der Waals surface area contributed by atoms with Gasteiger partial charge in [0, 0.05) is 31.7 Å². The first kappa shape index (κ1) is 16.4. The largest absolute Gasteiger partial charge is 0.335 e. The number of H-pyrrole nitrogens is 1. The van der Waals surface area contributed by atoms with Crippen molar-refractivity contribution < 1.29 is 9.59 Å². The van der Waals surface area contributed by atoms with Crippen LogP contribution in [0.15, 0.2) is 41.8 Å². The van der Waals surface area contributed by atoms with Crippen molar-refractivity contribution in [3.05, 3.63) is 52.2 Å². The summed E-state index contributed by atoms with van der Waals surface area (Å²) in [5.74, 6) is 0.327. The summed E-state index contributed by atoms with van der Waals surface area (Å²) in [5, 5.41) is 15.8. The van der Waals surface area contributed by atoms with Gasteiger partial charge in [-0.05, 0) is 22.7 Å². The van der Waals surface area contributed by atoms with E-state index in [9.17, 15) is 9.59 Å². The lowest BCUT2D eigenvalue weighted by molar-refractivity contribution is 0.0538. The summed E-state index contributed by atoms with van der Waals surface area (Å²) in [6.45, 7) is 2.03. The third-order valence-electron chi connectivity index (χ3n) is 4.33. The van der Waals surface area contributed by atoms with E-state index in [4.69, 9.17) is 0 Å². The Labute approximate surface area is 153 Å². The van der Waals surface area contributed by atoms with Crippen LogP contribution in [0.25, 0.3) is 11.4 Å². The zero-order valence-electron chi connectivity index (χ0n) is 13.8. The van der Waals surface area contributed by atoms with E-state index < -0.39 is 0 Å². The van der Waals surface area contributed by atoms with E-state index in [0.29, 0.717) is 43.1 Å². The topological polar surface area (TPSA) is 95.1 Å². The first-order chi connectivity index (χ1) is 12.7. The minimum atomic E-state index is -0.0892. The van der Waals surface area contributed by atoms with Crippen LogP contribution in [0.4, 0.5) is 0 Å². The number of benzene rings is 1. The Hall–Kier alpha value is -3.07. The minimum Gasteiger partial charge on any atom is -0.335 e. The molecule has 9 heteroatoms. The highest BCUT2D eigenvalue weighted by Crippen LogP contribution is 2.22. The van der Waals surface area contributed by atoms with Crippen molar-refractivity contribution in [1.29, 1.82) is 0 Å². The number of tetrazole rings is 1. The lowest BCUT2D eigenvalue weighted by Gasteiger charge is -2.34. The quantitative estimate of drug-likeness (QED) is 0.756. The van der Waals surface area contributed by atoms with Crippen LogP contribution in [-0.4, -0.2) is 68.4 Å². The number of nitrogens with zero attached hydrogens (tertiary/aromatic N) is 5. The molecule has 0 atom stereocenters. The van der Waals surface area contributed by atoms with Crippen molar-refractivity contribution in [2.45, 2.75) is 0 Å². The highest BCUT2D eigenvalue weighted by Gasteiger charge is 2.27. The third kappa shape index (κ3) is 3.08. The Bertz CT molecular complexity index is 901. The average molecular weight is 368 g/mol. The standard InChI is InChI=1S/C17H16N6O2S/c24-16(13-5-2-1-4-12(13)15-18-20-21-19-15)22-7-9-23(10-8-22)17(25)14-6-3-11-26-14/h1-6,11H,7-10H2,(H,18,19,20,21). The molecule has 0 bridgehead atoms. The van der Waals surface area contributed by atoms with Crippen LogP contribution in [0.5, 0.6) is 0 Å². The van der Waals surface area contributed by atoms with E-state index in [1.807, 2.05) is 29.6 Å². The fraction of sp³-hybridized carbons (Fsp3) is 0.235. The normalized spacial score (nSPS) is 14.5. The van der Waals surface area contributed by atoms with Crippen molar-refractivity contribution in [2.75, 3.05) is 26.2 Å². The van der Waals surface area contributed by atoms with Gasteiger partial charge >= 0.3 is 0 Å². The number of hydrogen-bond donors (Lipinski definition) is 1. The van der Waals surface area contributed by atoms with Crippen LogP contribution in [0, 0.1) is 0 Å². The van der Waals surface area contributed by atoms with Crippen LogP contribution in [0.3, 0.4) is 0 Å². The van der Waals surface area contributed by atoms with Gasteiger partial charge in [-0.25, -0.2) is 0 Å². The molecular formula is C17H16N6O2S. The van der Waals surface area contributed by atoms with E-state index in [2.05, 4.69) is 20.6 Å². The van der Waals surface area contributed by atoms with Crippen LogP contribution in [0.2, 0.25) is 0 Å². The summed E-state index contributed by atoms with van der Waals surface area (Å²) in [4.78, 5) is 29.7. The Kier molecular flexibility index (Phi) is 4.44. The molecule has 1 fully saturated rings. The van der Waals surface area contributed by atoms with E-state index in [-0.39, 0.29) is 11.8 Å². The molecule has 0 unspecified atom stereocenters. The predicted octanol–water partition coefficient (Wildman–Crippen LogP) is 1.53. The molecule has 1 aromatic carbocycles. The van der Waals surface area contributed by atoms with E-state index in [0.717, 1.165) is 4.88 Å². The third-order valence-corrected chi connectivity index (χ3v) is 5.19. The molecule has 1 aliphatic rings. The first-order valence-electron chi connectivity index (χ1n) is 8.19. The second kappa shape index (κ2) is 7.04. The summed E-state index contributed by atoms with van der Waals surface area (Å²) >= 11 is 1.43. The summed E-state index contributed by atoms with van der Waals surface area (Å²) in [6, 6.07) is 10.9. The molecular weight excluding hydrogens is 352 g/mol. The Morgan fingerprint density at radius 2 is 1.69 bits per heavy atom. The number of aromatic amines is 1. The molecule has 1 saturated heterocycles. The number of nitrogens with one attached hydrogen (secondary N) is 1. The summed E-state index contributed by atoms with van der Waals surface area (Å²) in [6.07, 6.45) is 0. The van der Waals surface area contributed by atoms with Crippen LogP contribution in [-0.2, 0) is 0 Å². The van der Waals surface area contributed by atoms with Crippen LogP contribution >= 0.6 is 11.3 Å². The van der Waals surface area contributed by atoms with Crippen LogP contribution in [0.1, 0.15) is 20.0 Å². The van der Waals surface area contributed by atoms with E-state index in [1.165, 1.54) is 11.3 Å². The van der Waals surface area contributed by atoms with Gasteiger partial charge in [0.15, 0.2) is 0 Å². The highest BCUT2D eigenvalue weighted by atomic mass is 32.1. The van der Waals surface area contributed by atoms with Crippen LogP contribution < -0.4 is 0 Å². The lowest BCUT2D eigenvalue weighted by Crippen LogP contribution is -2.50. The number of thiophene rings is 1. The smallest absolute Gasteiger partial charge is 0.264 e. The lowest BCUT2D eigenvalue weighted by atomic mass is 10.1. The van der Waals surface area contributed by atoms with Crippen molar-refractivity contribution in [3.63, 3.8) is 0 Å². The Morgan fingerprint density at radius 3 is 2.35 bits per heavy atom. The molecule has 3 aromatic rings. The molecule has 1 aliphatic heterocycles. The molecule has 132 valence electrons. The van der Waals surface area contributed by atoms with E-state index >= 15 is 0 Å². The number of carbonyl (C=O) groups excluding carboxylic acids is 2. The van der Waals surface area contributed by atoms with Gasteiger partial charge in [-0.2, -0.15) is 5.21 Å². The summed E-state index contributed by atoms with van der Waals surface area (Å²) in [7, 11) is 0. The van der Waals surface area contributed by atoms with Crippen molar-refractivity contribution in [3.8, 4) is 11.4 Å².